The van der Waals surface area contributed by atoms with E-state index in [4.69, 9.17) is 15.6 Å². The minimum absolute atomic E-state index is 0.0182. The van der Waals surface area contributed by atoms with E-state index in [0.717, 1.165) is 0 Å². The number of nitrogen functional groups attached to an aromatic ring is 1. The van der Waals surface area contributed by atoms with Crippen LogP contribution in [0.1, 0.15) is 0 Å². The van der Waals surface area contributed by atoms with E-state index in [1.54, 1.807) is 0 Å². The van der Waals surface area contributed by atoms with Crippen molar-refractivity contribution >= 4 is 29.7 Å². The number of aromatic nitrogens is 4. The number of aromatic amines is 1. The van der Waals surface area contributed by atoms with Gasteiger partial charge in [0.15, 0.2) is 11.2 Å². The van der Waals surface area contributed by atoms with E-state index in [0.29, 0.717) is 0 Å². The first kappa shape index (κ1) is 14.3. The summed E-state index contributed by atoms with van der Waals surface area (Å²) in [5.41, 5.74) is 4.95. The molecule has 0 radical (unpaired) electrons. The largest absolute Gasteiger partial charge is 0.394 e. The third kappa shape index (κ3) is 1.93. The molecule has 3 heterocycles. The maximum atomic E-state index is 11.7. The molecule has 0 spiro atoms. The lowest BCUT2D eigenvalue weighted by Gasteiger charge is -2.28. The van der Waals surface area contributed by atoms with E-state index in [9.17, 15) is 15.0 Å². The van der Waals surface area contributed by atoms with Crippen LogP contribution < -0.4 is 11.3 Å². The van der Waals surface area contributed by atoms with Crippen molar-refractivity contribution in [3.8, 4) is 0 Å². The third-order valence-corrected chi connectivity index (χ3v) is 3.95. The zero-order valence-corrected chi connectivity index (χ0v) is 11.4. The van der Waals surface area contributed by atoms with Gasteiger partial charge in [-0.05, 0) is 0 Å². The molecule has 4 atom stereocenters. The lowest BCUT2D eigenvalue weighted by molar-refractivity contribution is -0.0760. The first-order chi connectivity index (χ1) is 9.88. The van der Waals surface area contributed by atoms with Gasteiger partial charge >= 0.3 is 0 Å². The number of nitrogens with zero attached hydrogens (tertiary/aromatic N) is 3. The molecule has 21 heavy (non-hydrogen) atoms. The van der Waals surface area contributed by atoms with Crippen molar-refractivity contribution in [2.24, 2.45) is 0 Å². The van der Waals surface area contributed by atoms with Gasteiger partial charge in [-0.2, -0.15) is 4.98 Å². The number of rotatable bonds is 2. The smallest absolute Gasteiger partial charge is 0.280 e. The molecule has 0 bridgehead atoms. The molecule has 1 fully saturated rings. The topological polar surface area (TPSA) is 160 Å². The number of anilines is 1. The second kappa shape index (κ2) is 4.68. The first-order valence-corrected chi connectivity index (χ1v) is 6.43. The van der Waals surface area contributed by atoms with Crippen molar-refractivity contribution in [3.63, 3.8) is 0 Å². The number of imidazole rings is 1. The van der Waals surface area contributed by atoms with Crippen molar-refractivity contribution in [2.45, 2.75) is 23.4 Å². The predicted octanol–water partition coefficient (Wildman–Crippen LogP) is -2.65. The number of hydrogen-bond acceptors (Lipinski definition) is 9. The summed E-state index contributed by atoms with van der Waals surface area (Å²) in [6, 6.07) is 0. The summed E-state index contributed by atoms with van der Waals surface area (Å²) < 4.78 is 6.58. The first-order valence-electron chi connectivity index (χ1n) is 5.99. The Kier molecular flexibility index (Phi) is 3.18. The predicted molar refractivity (Wildman–Crippen MR) is 73.5 cm³/mol. The van der Waals surface area contributed by atoms with E-state index in [1.165, 1.54) is 10.9 Å². The van der Waals surface area contributed by atoms with Crippen LogP contribution in [0.2, 0.25) is 0 Å². The number of H-pyrrole nitrogens is 1. The zero-order chi connectivity index (χ0) is 15.4. The van der Waals surface area contributed by atoms with Crippen LogP contribution in [0.4, 0.5) is 5.95 Å². The van der Waals surface area contributed by atoms with E-state index >= 15 is 0 Å². The second-order valence-corrected chi connectivity index (χ2v) is 5.31. The summed E-state index contributed by atoms with van der Waals surface area (Å²) in [6.07, 6.45) is -2.68. The highest BCUT2D eigenvalue weighted by Gasteiger charge is 2.54. The Morgan fingerprint density at radius 2 is 2.29 bits per heavy atom. The molecular formula is C10H13N5O5S. The quantitative estimate of drug-likeness (QED) is 0.328. The Hall–Kier alpha value is -1.66. The third-order valence-electron chi connectivity index (χ3n) is 3.36. The fourth-order valence-electron chi connectivity index (χ4n) is 2.29. The normalized spacial score (nSPS) is 32.9. The average molecular weight is 315 g/mol. The molecule has 0 saturated carbocycles. The van der Waals surface area contributed by atoms with Crippen molar-refractivity contribution < 1.29 is 20.1 Å². The highest BCUT2D eigenvalue weighted by molar-refractivity contribution is 7.81. The fourth-order valence-corrected chi connectivity index (χ4v) is 2.73. The van der Waals surface area contributed by atoms with Gasteiger partial charge < -0.3 is 25.8 Å². The van der Waals surface area contributed by atoms with Crippen LogP contribution in [0.15, 0.2) is 11.1 Å². The van der Waals surface area contributed by atoms with Crippen LogP contribution in [0, 0.1) is 0 Å². The van der Waals surface area contributed by atoms with Gasteiger partial charge in [0.2, 0.25) is 11.0 Å². The lowest BCUT2D eigenvalue weighted by atomic mass is 10.1. The number of ether oxygens (including phenoxy) is 1. The molecule has 114 valence electrons. The summed E-state index contributed by atoms with van der Waals surface area (Å²) in [5, 5.41) is 27.4. The van der Waals surface area contributed by atoms with Gasteiger partial charge in [0.1, 0.15) is 24.6 Å². The van der Waals surface area contributed by atoms with Gasteiger partial charge in [-0.15, -0.1) is 12.6 Å². The fraction of sp³-hybridized carbons (Fsp3) is 0.500. The van der Waals surface area contributed by atoms with Gasteiger partial charge in [-0.3, -0.25) is 14.3 Å². The number of aliphatic hydroxyl groups excluding tert-OH is 3. The van der Waals surface area contributed by atoms with Gasteiger partial charge in [-0.1, -0.05) is 0 Å². The van der Waals surface area contributed by atoms with Crippen molar-refractivity contribution in [1.29, 1.82) is 0 Å². The molecule has 2 aromatic heterocycles. The number of fused-ring (bicyclic) bond motifs is 1. The number of thiol groups is 1. The molecular weight excluding hydrogens is 302 g/mol. The van der Waals surface area contributed by atoms with Crippen molar-refractivity contribution in [2.75, 3.05) is 12.3 Å². The van der Waals surface area contributed by atoms with Crippen molar-refractivity contribution in [3.05, 3.63) is 16.7 Å². The number of nitrogens with one attached hydrogen (secondary N) is 1. The Bertz CT molecular complexity index is 747. The molecule has 1 saturated heterocycles. The Morgan fingerprint density at radius 3 is 2.90 bits per heavy atom. The minimum atomic E-state index is -1.74. The summed E-state index contributed by atoms with van der Waals surface area (Å²) >= 11 is 4.24. The molecule has 2 aromatic rings. The number of aliphatic hydroxyl groups is 3. The molecule has 0 aliphatic carbocycles. The summed E-state index contributed by atoms with van der Waals surface area (Å²) in [4.78, 5) is 21.8. The molecule has 10 nitrogen and oxygen atoms in total. The van der Waals surface area contributed by atoms with Gasteiger partial charge in [0.25, 0.3) is 5.56 Å². The van der Waals surface area contributed by atoms with Crippen LogP contribution in [0.3, 0.4) is 0 Å². The molecule has 0 amide bonds. The standard InChI is InChI=1S/C10H13N5O5S/c11-9-13-7-4(8(19)14-9)12-2-15(7)10(21)6(18)5(17)3(1-16)20-10/h2-3,5-6,16-18,21H,1H2,(H3,11,13,14,19)/t3-,5-,6-,10+/m1/s1. The molecule has 1 aliphatic heterocycles. The summed E-state index contributed by atoms with van der Waals surface area (Å²) in [6.45, 7) is -0.511. The van der Waals surface area contributed by atoms with Crippen LogP contribution >= 0.6 is 12.6 Å². The van der Waals surface area contributed by atoms with Crippen LogP contribution in [-0.2, 0) is 9.79 Å². The van der Waals surface area contributed by atoms with Crippen LogP contribution in [0.25, 0.3) is 11.2 Å². The minimum Gasteiger partial charge on any atom is -0.394 e. The van der Waals surface area contributed by atoms with E-state index in [-0.39, 0.29) is 17.1 Å². The molecule has 11 heteroatoms. The zero-order valence-electron chi connectivity index (χ0n) is 10.5. The highest BCUT2D eigenvalue weighted by atomic mass is 32.1. The average Bonchev–Trinajstić information content (AvgIpc) is 2.95. The molecule has 1 aliphatic rings. The van der Waals surface area contributed by atoms with Crippen molar-refractivity contribution in [1.82, 2.24) is 19.5 Å². The summed E-state index contributed by atoms with van der Waals surface area (Å²) in [5.74, 6) is -0.141. The highest BCUT2D eigenvalue weighted by Crippen LogP contribution is 2.39. The van der Waals surface area contributed by atoms with E-state index in [2.05, 4.69) is 27.6 Å². The molecule has 6 N–H and O–H groups in total. The number of nitrogens with two attached hydrogens (primary N) is 1. The lowest BCUT2D eigenvalue weighted by Crippen LogP contribution is -2.41. The van der Waals surface area contributed by atoms with E-state index < -0.39 is 35.5 Å². The number of hydrogen-bond donors (Lipinski definition) is 6. The van der Waals surface area contributed by atoms with Gasteiger partial charge in [0.05, 0.1) is 6.61 Å². The molecule has 3 rings (SSSR count). The Labute approximate surface area is 122 Å². The Morgan fingerprint density at radius 1 is 1.57 bits per heavy atom. The SMILES string of the molecule is Nc1nc2c(ncn2[C@]2(S)O[C@H](CO)[C@@H](O)[C@H]2O)c(=O)[nH]1. The summed E-state index contributed by atoms with van der Waals surface area (Å²) in [7, 11) is 0. The monoisotopic (exact) mass is 315 g/mol. The maximum absolute atomic E-state index is 11.7. The second-order valence-electron chi connectivity index (χ2n) is 4.67. The maximum Gasteiger partial charge on any atom is 0.280 e. The van der Waals surface area contributed by atoms with Crippen LogP contribution in [0.5, 0.6) is 0 Å². The molecule has 0 unspecified atom stereocenters. The van der Waals surface area contributed by atoms with Crippen LogP contribution in [-0.4, -0.2) is 59.8 Å². The van der Waals surface area contributed by atoms with Gasteiger partial charge in [-0.25, -0.2) is 4.98 Å². The van der Waals surface area contributed by atoms with E-state index in [1.807, 2.05) is 0 Å². The Balaban J connectivity index is 2.19. The molecule has 0 aromatic carbocycles. The van der Waals surface area contributed by atoms with Gasteiger partial charge in [0, 0.05) is 0 Å².